The number of carbonyl (C=O) groups excluding carboxylic acids is 1. The van der Waals surface area contributed by atoms with E-state index in [0.29, 0.717) is 39.4 Å². The molecule has 0 bridgehead atoms. The van der Waals surface area contributed by atoms with Crippen LogP contribution < -0.4 is 5.32 Å². The zero-order valence-corrected chi connectivity index (χ0v) is 16.6. The number of ketones is 1. The van der Waals surface area contributed by atoms with Crippen LogP contribution in [0.3, 0.4) is 0 Å². The lowest BCUT2D eigenvalue weighted by molar-refractivity contribution is -0.116. The second-order valence-electron chi connectivity index (χ2n) is 7.08. The predicted octanol–water partition coefficient (Wildman–Crippen LogP) is 5.41. The fraction of sp³-hybridized carbons (Fsp3) is 0.190. The second kappa shape index (κ2) is 6.97. The standard InChI is InChI=1S/C21H15Cl2FN4O/c22-14-9-6-12(10-15(14)23)19-18-16(2-1-3-17(18)29)25-21-26-20(27-28(19)21)11-4-7-13(24)8-5-11/h4-10,19H,1-3H2,(H,25,26,27). The molecular formula is C21H15Cl2FN4O. The number of fused-ring (bicyclic) bond motifs is 1. The Morgan fingerprint density at radius 1 is 1.07 bits per heavy atom. The lowest BCUT2D eigenvalue weighted by Crippen LogP contribution is -2.31. The molecule has 1 aromatic heterocycles. The lowest BCUT2D eigenvalue weighted by Gasteiger charge is -2.32. The van der Waals surface area contributed by atoms with Crippen LogP contribution in [-0.4, -0.2) is 20.5 Å². The van der Waals surface area contributed by atoms with Gasteiger partial charge in [-0.05, 0) is 54.8 Å². The van der Waals surface area contributed by atoms with E-state index in [9.17, 15) is 9.18 Å². The summed E-state index contributed by atoms with van der Waals surface area (Å²) < 4.78 is 15.0. The molecular weight excluding hydrogens is 414 g/mol. The van der Waals surface area contributed by atoms with Gasteiger partial charge in [-0.15, -0.1) is 5.10 Å². The maximum Gasteiger partial charge on any atom is 0.226 e. The number of benzene rings is 2. The third-order valence-corrected chi connectivity index (χ3v) is 5.97. The predicted molar refractivity (Wildman–Crippen MR) is 110 cm³/mol. The minimum atomic E-state index is -0.453. The Balaban J connectivity index is 1.68. The van der Waals surface area contributed by atoms with Gasteiger partial charge in [0.15, 0.2) is 11.6 Å². The maximum absolute atomic E-state index is 13.3. The Bertz CT molecular complexity index is 1170. The molecule has 1 aliphatic carbocycles. The van der Waals surface area contributed by atoms with Crippen LogP contribution in [0.4, 0.5) is 10.3 Å². The molecule has 8 heteroatoms. The van der Waals surface area contributed by atoms with Crippen molar-refractivity contribution >= 4 is 34.9 Å². The van der Waals surface area contributed by atoms with E-state index in [1.54, 1.807) is 28.9 Å². The van der Waals surface area contributed by atoms with Crippen LogP contribution in [0.1, 0.15) is 30.9 Å². The number of hydrogen-bond acceptors (Lipinski definition) is 4. The number of Topliss-reactive ketones (excluding diaryl/α,β-unsaturated/α-hetero) is 1. The quantitative estimate of drug-likeness (QED) is 0.592. The van der Waals surface area contributed by atoms with E-state index in [1.165, 1.54) is 12.1 Å². The topological polar surface area (TPSA) is 59.8 Å². The summed E-state index contributed by atoms with van der Waals surface area (Å²) >= 11 is 12.4. The van der Waals surface area contributed by atoms with Gasteiger partial charge in [0.05, 0.1) is 10.0 Å². The van der Waals surface area contributed by atoms with E-state index >= 15 is 0 Å². The van der Waals surface area contributed by atoms with E-state index in [2.05, 4.69) is 15.4 Å². The third-order valence-electron chi connectivity index (χ3n) is 5.23. The average Bonchev–Trinajstić information content (AvgIpc) is 3.13. The van der Waals surface area contributed by atoms with Gasteiger partial charge < -0.3 is 5.32 Å². The average molecular weight is 429 g/mol. The molecule has 0 saturated heterocycles. The molecule has 0 fully saturated rings. The van der Waals surface area contributed by atoms with Crippen molar-refractivity contribution in [2.24, 2.45) is 0 Å². The van der Waals surface area contributed by atoms with Gasteiger partial charge in [-0.3, -0.25) is 4.79 Å². The Labute approximate surface area is 176 Å². The summed E-state index contributed by atoms with van der Waals surface area (Å²) in [6.45, 7) is 0. The van der Waals surface area contributed by atoms with E-state index in [4.69, 9.17) is 23.2 Å². The van der Waals surface area contributed by atoms with Crippen LogP contribution in [0.5, 0.6) is 0 Å². The zero-order valence-electron chi connectivity index (χ0n) is 15.1. The highest BCUT2D eigenvalue weighted by molar-refractivity contribution is 6.42. The molecule has 5 rings (SSSR count). The third kappa shape index (κ3) is 3.12. The van der Waals surface area contributed by atoms with Crippen LogP contribution in [0.2, 0.25) is 10.0 Å². The summed E-state index contributed by atoms with van der Waals surface area (Å²) in [5.74, 6) is 0.741. The van der Waals surface area contributed by atoms with Crippen LogP contribution in [0.25, 0.3) is 11.4 Å². The van der Waals surface area contributed by atoms with Crippen molar-refractivity contribution in [1.29, 1.82) is 0 Å². The SMILES string of the molecule is O=C1CCCC2=C1C(c1ccc(Cl)c(Cl)c1)n1nc(-c3ccc(F)cc3)nc1N2. The van der Waals surface area contributed by atoms with Crippen molar-refractivity contribution in [3.8, 4) is 11.4 Å². The van der Waals surface area contributed by atoms with E-state index in [0.717, 1.165) is 24.1 Å². The summed E-state index contributed by atoms with van der Waals surface area (Å²) in [5.41, 5.74) is 3.04. The first-order chi connectivity index (χ1) is 14.0. The summed E-state index contributed by atoms with van der Waals surface area (Å²) in [4.78, 5) is 17.4. The van der Waals surface area contributed by atoms with Gasteiger partial charge in [-0.1, -0.05) is 29.3 Å². The number of anilines is 1. The molecule has 0 saturated carbocycles. The number of nitrogens with one attached hydrogen (secondary N) is 1. The van der Waals surface area contributed by atoms with Crippen molar-refractivity contribution in [3.63, 3.8) is 0 Å². The number of nitrogens with zero attached hydrogens (tertiary/aromatic N) is 3. The summed E-state index contributed by atoms with van der Waals surface area (Å²) in [5, 5.41) is 8.77. The number of carbonyl (C=O) groups is 1. The van der Waals surface area contributed by atoms with Gasteiger partial charge in [0.2, 0.25) is 5.95 Å². The number of aromatic nitrogens is 3. The molecule has 0 spiro atoms. The minimum absolute atomic E-state index is 0.0827. The Kier molecular flexibility index (Phi) is 4.41. The zero-order chi connectivity index (χ0) is 20.1. The van der Waals surface area contributed by atoms with Crippen molar-refractivity contribution in [3.05, 3.63) is 75.2 Å². The molecule has 2 aromatic carbocycles. The van der Waals surface area contributed by atoms with Crippen molar-refractivity contribution < 1.29 is 9.18 Å². The van der Waals surface area contributed by atoms with E-state index < -0.39 is 6.04 Å². The second-order valence-corrected chi connectivity index (χ2v) is 7.89. The highest BCUT2D eigenvalue weighted by Crippen LogP contribution is 2.41. The fourth-order valence-corrected chi connectivity index (χ4v) is 4.17. The minimum Gasteiger partial charge on any atom is -0.328 e. The molecule has 2 aliphatic rings. The first kappa shape index (κ1) is 18.3. The summed E-state index contributed by atoms with van der Waals surface area (Å²) in [6.07, 6.45) is 2.04. The monoisotopic (exact) mass is 428 g/mol. The van der Waals surface area contributed by atoms with Gasteiger partial charge in [0.25, 0.3) is 0 Å². The molecule has 1 unspecified atom stereocenters. The number of allylic oxidation sites excluding steroid dienone is 2. The van der Waals surface area contributed by atoms with Gasteiger partial charge in [0.1, 0.15) is 11.9 Å². The Hall–Kier alpha value is -2.70. The highest BCUT2D eigenvalue weighted by Gasteiger charge is 2.37. The highest BCUT2D eigenvalue weighted by atomic mass is 35.5. The van der Waals surface area contributed by atoms with E-state index in [-0.39, 0.29) is 11.6 Å². The van der Waals surface area contributed by atoms with Crippen LogP contribution in [0, 0.1) is 5.82 Å². The molecule has 1 aliphatic heterocycles. The lowest BCUT2D eigenvalue weighted by atomic mass is 9.85. The molecule has 0 amide bonds. The van der Waals surface area contributed by atoms with Gasteiger partial charge in [0, 0.05) is 23.3 Å². The molecule has 3 aromatic rings. The van der Waals surface area contributed by atoms with Crippen molar-refractivity contribution in [2.75, 3.05) is 5.32 Å². The molecule has 2 heterocycles. The van der Waals surface area contributed by atoms with Crippen molar-refractivity contribution in [1.82, 2.24) is 14.8 Å². The van der Waals surface area contributed by atoms with Crippen molar-refractivity contribution in [2.45, 2.75) is 25.3 Å². The summed E-state index contributed by atoms with van der Waals surface area (Å²) in [7, 11) is 0. The summed E-state index contributed by atoms with van der Waals surface area (Å²) in [6, 6.07) is 10.9. The molecule has 1 atom stereocenters. The molecule has 29 heavy (non-hydrogen) atoms. The van der Waals surface area contributed by atoms with Gasteiger partial charge in [-0.2, -0.15) is 4.98 Å². The van der Waals surface area contributed by atoms with E-state index in [1.807, 2.05) is 6.07 Å². The normalized spacial score (nSPS) is 18.3. The number of halogens is 3. The van der Waals surface area contributed by atoms with Gasteiger partial charge >= 0.3 is 0 Å². The smallest absolute Gasteiger partial charge is 0.226 e. The Morgan fingerprint density at radius 2 is 1.86 bits per heavy atom. The first-order valence-corrected chi connectivity index (χ1v) is 9.97. The number of hydrogen-bond donors (Lipinski definition) is 1. The van der Waals surface area contributed by atoms with Gasteiger partial charge in [-0.25, -0.2) is 9.07 Å². The molecule has 5 nitrogen and oxygen atoms in total. The largest absolute Gasteiger partial charge is 0.328 e. The molecule has 1 N–H and O–H groups in total. The molecule has 0 radical (unpaired) electrons. The number of rotatable bonds is 2. The Morgan fingerprint density at radius 3 is 2.62 bits per heavy atom. The maximum atomic E-state index is 13.3. The van der Waals surface area contributed by atoms with Crippen LogP contribution >= 0.6 is 23.2 Å². The van der Waals surface area contributed by atoms with Crippen LogP contribution in [-0.2, 0) is 4.79 Å². The first-order valence-electron chi connectivity index (χ1n) is 9.22. The fourth-order valence-electron chi connectivity index (χ4n) is 3.87. The van der Waals surface area contributed by atoms with Crippen LogP contribution in [0.15, 0.2) is 53.7 Å². The molecule has 146 valence electrons.